The van der Waals surface area contributed by atoms with Gasteiger partial charge in [0.15, 0.2) is 0 Å². The molecule has 2 amide bonds. The van der Waals surface area contributed by atoms with Crippen molar-refractivity contribution < 1.29 is 14.6 Å². The lowest BCUT2D eigenvalue weighted by atomic mass is 9.94. The number of allylic oxidation sites excluding steroid dienone is 7. The molecule has 1 saturated heterocycles. The van der Waals surface area contributed by atoms with Crippen molar-refractivity contribution in [1.29, 1.82) is 0 Å². The Bertz CT molecular complexity index is 881. The van der Waals surface area contributed by atoms with Crippen LogP contribution < -0.4 is 10.6 Å². The first-order valence-corrected chi connectivity index (χ1v) is 10.9. The largest absolute Gasteiger partial charge is 0.501 e. The van der Waals surface area contributed by atoms with Crippen LogP contribution in [-0.4, -0.2) is 54.2 Å². The molecule has 0 spiro atoms. The number of carbonyl (C=O) groups is 1. The highest BCUT2D eigenvalue weighted by atomic mass is 16.5. The summed E-state index contributed by atoms with van der Waals surface area (Å²) >= 11 is 0. The SMILES string of the molecule is CO\C(C)=C1/CC(NC(=O)N2CCC(C)(O)CC2)=N/C1=C(C)\C1=C/CCN/C=C\C=C/1. The highest BCUT2D eigenvalue weighted by Gasteiger charge is 2.31. The lowest BCUT2D eigenvalue weighted by Crippen LogP contribution is -2.49. The van der Waals surface area contributed by atoms with E-state index in [0.29, 0.717) is 38.2 Å². The number of nitrogens with one attached hydrogen (secondary N) is 2. The van der Waals surface area contributed by atoms with Gasteiger partial charge in [-0.1, -0.05) is 18.2 Å². The molecule has 0 aliphatic carbocycles. The molecule has 0 aromatic heterocycles. The summed E-state index contributed by atoms with van der Waals surface area (Å²) in [6, 6.07) is -0.166. The molecule has 31 heavy (non-hydrogen) atoms. The third-order valence-electron chi connectivity index (χ3n) is 6.03. The summed E-state index contributed by atoms with van der Waals surface area (Å²) in [5.74, 6) is 1.42. The number of urea groups is 1. The van der Waals surface area contributed by atoms with Crippen molar-refractivity contribution in [3.8, 4) is 0 Å². The molecule has 3 rings (SSSR count). The van der Waals surface area contributed by atoms with Crippen molar-refractivity contribution >= 4 is 11.9 Å². The first kappa shape index (κ1) is 22.9. The molecule has 0 radical (unpaired) electrons. The van der Waals surface area contributed by atoms with Crippen molar-refractivity contribution in [2.45, 2.75) is 52.1 Å². The Kier molecular flexibility index (Phi) is 7.38. The zero-order chi connectivity index (χ0) is 22.4. The van der Waals surface area contributed by atoms with Gasteiger partial charge in [0, 0.05) is 31.6 Å². The van der Waals surface area contributed by atoms with E-state index in [2.05, 4.69) is 29.7 Å². The van der Waals surface area contributed by atoms with E-state index in [1.807, 2.05) is 32.2 Å². The molecule has 3 aliphatic rings. The van der Waals surface area contributed by atoms with Crippen LogP contribution in [0.3, 0.4) is 0 Å². The second-order valence-corrected chi connectivity index (χ2v) is 8.48. The third-order valence-corrected chi connectivity index (χ3v) is 6.03. The van der Waals surface area contributed by atoms with Crippen LogP contribution in [0.2, 0.25) is 0 Å². The highest BCUT2D eigenvalue weighted by Crippen LogP contribution is 2.33. The minimum Gasteiger partial charge on any atom is -0.501 e. The van der Waals surface area contributed by atoms with Crippen molar-refractivity contribution in [2.75, 3.05) is 26.7 Å². The molecule has 3 aliphatic heterocycles. The summed E-state index contributed by atoms with van der Waals surface area (Å²) < 4.78 is 5.52. The maximum absolute atomic E-state index is 12.8. The summed E-state index contributed by atoms with van der Waals surface area (Å²) in [6.07, 6.45) is 12.8. The zero-order valence-electron chi connectivity index (χ0n) is 19.0. The van der Waals surface area contributed by atoms with Crippen molar-refractivity contribution in [3.63, 3.8) is 0 Å². The van der Waals surface area contributed by atoms with Crippen LogP contribution in [0.5, 0.6) is 0 Å². The molecular formula is C24H34N4O3. The number of piperidine rings is 1. The van der Waals surface area contributed by atoms with Crippen molar-refractivity contribution in [3.05, 3.63) is 58.7 Å². The van der Waals surface area contributed by atoms with E-state index >= 15 is 0 Å². The van der Waals surface area contributed by atoms with E-state index in [-0.39, 0.29) is 6.03 Å². The smallest absolute Gasteiger partial charge is 0.322 e. The van der Waals surface area contributed by atoms with Crippen LogP contribution in [0, 0.1) is 0 Å². The second kappa shape index (κ2) is 10.0. The first-order chi connectivity index (χ1) is 14.8. The Morgan fingerprint density at radius 3 is 2.74 bits per heavy atom. The number of aliphatic hydroxyl groups is 1. The molecule has 0 saturated carbocycles. The number of hydrogen-bond acceptors (Lipinski definition) is 5. The average Bonchev–Trinajstić information content (AvgIpc) is 3.21. The molecule has 0 unspecified atom stereocenters. The van der Waals surface area contributed by atoms with Crippen LogP contribution >= 0.6 is 0 Å². The van der Waals surface area contributed by atoms with Gasteiger partial charge in [-0.15, -0.1) is 0 Å². The van der Waals surface area contributed by atoms with E-state index in [1.54, 1.807) is 12.0 Å². The third kappa shape index (κ3) is 5.88. The van der Waals surface area contributed by atoms with Gasteiger partial charge in [-0.05, 0) is 63.5 Å². The molecule has 7 nitrogen and oxygen atoms in total. The standard InChI is InChI=1S/C24H34N4O3/c1-17(19-8-5-6-12-25-13-7-9-19)22-20(18(2)31-4)16-21(26-22)27-23(29)28-14-10-24(3,30)11-15-28/h5-6,8-9,12,25,30H,7,10-11,13-16H2,1-4H3,(H,26,27,29)/b8-5-,12-6-,19-9-,20-18+,22-17-. The van der Waals surface area contributed by atoms with Gasteiger partial charge in [-0.3, -0.25) is 5.32 Å². The lowest BCUT2D eigenvalue weighted by Gasteiger charge is -2.35. The number of rotatable bonds is 2. The van der Waals surface area contributed by atoms with Crippen LogP contribution in [0.4, 0.5) is 4.79 Å². The molecule has 0 bridgehead atoms. The number of ether oxygens (including phenoxy) is 1. The van der Waals surface area contributed by atoms with Gasteiger partial charge >= 0.3 is 6.03 Å². The second-order valence-electron chi connectivity index (χ2n) is 8.48. The predicted molar refractivity (Wildman–Crippen MR) is 123 cm³/mol. The van der Waals surface area contributed by atoms with E-state index < -0.39 is 5.60 Å². The van der Waals surface area contributed by atoms with Gasteiger partial charge in [-0.25, -0.2) is 9.79 Å². The molecule has 168 valence electrons. The zero-order valence-corrected chi connectivity index (χ0v) is 19.0. The number of carbonyl (C=O) groups excluding carboxylic acids is 1. The van der Waals surface area contributed by atoms with E-state index in [0.717, 1.165) is 41.1 Å². The highest BCUT2D eigenvalue weighted by molar-refractivity contribution is 6.01. The Balaban J connectivity index is 1.84. The number of likely N-dealkylation sites (tertiary alicyclic amines) is 1. The number of aliphatic imine (C=N–C) groups is 1. The molecule has 0 aromatic carbocycles. The number of amidine groups is 1. The number of methoxy groups -OCH3 is 1. The Morgan fingerprint density at radius 2 is 2.03 bits per heavy atom. The Morgan fingerprint density at radius 1 is 1.29 bits per heavy atom. The van der Waals surface area contributed by atoms with Crippen molar-refractivity contribution in [2.24, 2.45) is 4.99 Å². The van der Waals surface area contributed by atoms with E-state index in [4.69, 9.17) is 9.73 Å². The summed E-state index contributed by atoms with van der Waals surface area (Å²) in [6.45, 7) is 7.75. The van der Waals surface area contributed by atoms with Crippen molar-refractivity contribution in [1.82, 2.24) is 15.5 Å². The predicted octanol–water partition coefficient (Wildman–Crippen LogP) is 3.53. The van der Waals surface area contributed by atoms with Gasteiger partial charge in [0.25, 0.3) is 0 Å². The quantitative estimate of drug-likeness (QED) is 0.590. The molecule has 1 fully saturated rings. The molecule has 3 N–H and O–H groups in total. The van der Waals surface area contributed by atoms with Gasteiger partial charge in [-0.2, -0.15) is 0 Å². The minimum absolute atomic E-state index is 0.166. The van der Waals surface area contributed by atoms with Gasteiger partial charge in [0.05, 0.1) is 24.2 Å². The summed E-state index contributed by atoms with van der Waals surface area (Å²) in [7, 11) is 1.65. The molecule has 3 heterocycles. The van der Waals surface area contributed by atoms with Crippen LogP contribution in [0.1, 0.15) is 46.5 Å². The average molecular weight is 427 g/mol. The summed E-state index contributed by atoms with van der Waals surface area (Å²) in [4.78, 5) is 19.3. The molecular weight excluding hydrogens is 392 g/mol. The van der Waals surface area contributed by atoms with E-state index in [1.165, 1.54) is 0 Å². The first-order valence-electron chi connectivity index (χ1n) is 10.9. The van der Waals surface area contributed by atoms with E-state index in [9.17, 15) is 9.90 Å². The normalized spacial score (nSPS) is 28.0. The number of amides is 2. The van der Waals surface area contributed by atoms with Gasteiger partial charge in [0.1, 0.15) is 5.84 Å². The fourth-order valence-corrected chi connectivity index (χ4v) is 3.84. The summed E-state index contributed by atoms with van der Waals surface area (Å²) in [5.41, 5.74) is 3.31. The van der Waals surface area contributed by atoms with Crippen LogP contribution in [0.15, 0.2) is 63.7 Å². The van der Waals surface area contributed by atoms with Gasteiger partial charge in [0.2, 0.25) is 0 Å². The molecule has 0 atom stereocenters. The Hall–Kier alpha value is -2.80. The van der Waals surface area contributed by atoms with Crippen LogP contribution in [-0.2, 0) is 4.74 Å². The Labute approximate surface area is 184 Å². The summed E-state index contributed by atoms with van der Waals surface area (Å²) in [5, 5.41) is 16.3. The lowest BCUT2D eigenvalue weighted by molar-refractivity contribution is 0.00483. The number of hydrogen-bond donors (Lipinski definition) is 3. The molecule has 0 aromatic rings. The fraction of sp³-hybridized carbons (Fsp3) is 0.500. The maximum atomic E-state index is 12.8. The fourth-order valence-electron chi connectivity index (χ4n) is 3.84. The van der Waals surface area contributed by atoms with Crippen LogP contribution in [0.25, 0.3) is 0 Å². The maximum Gasteiger partial charge on any atom is 0.322 e. The molecule has 7 heteroatoms. The topological polar surface area (TPSA) is 86.2 Å². The van der Waals surface area contributed by atoms with Gasteiger partial charge < -0.3 is 20.1 Å². The minimum atomic E-state index is -0.692. The monoisotopic (exact) mass is 426 g/mol. The number of nitrogens with zero attached hydrogens (tertiary/aromatic N) is 2.